The molecule has 1 aromatic heterocycles. The van der Waals surface area contributed by atoms with Gasteiger partial charge >= 0.3 is 6.36 Å². The average Bonchev–Trinajstić information content (AvgIpc) is 2.90. The summed E-state index contributed by atoms with van der Waals surface area (Å²) in [6.45, 7) is 0. The monoisotopic (exact) mass is 420 g/mol. The van der Waals surface area contributed by atoms with E-state index >= 15 is 0 Å². The number of alkyl halides is 3. The highest BCUT2D eigenvalue weighted by atomic mass is 35.5. The molecule has 1 N–H and O–H groups in total. The van der Waals surface area contributed by atoms with Crippen LogP contribution in [-0.2, 0) is 11.2 Å². The lowest BCUT2D eigenvalue weighted by molar-refractivity contribution is -0.274. The van der Waals surface area contributed by atoms with Gasteiger partial charge in [-0.25, -0.2) is 4.98 Å². The minimum absolute atomic E-state index is 0.0508. The lowest BCUT2D eigenvalue weighted by Gasteiger charge is -2.07. The van der Waals surface area contributed by atoms with E-state index in [0.29, 0.717) is 25.8 Å². The van der Waals surface area contributed by atoms with E-state index < -0.39 is 6.36 Å². The standard InChI is InChI=1S/C16H9Cl2F3N2O2S/c17-10-3-1-8(5-11(10)18)6-14(24)23-15-22-12-4-2-9(7-13(12)26-15)25-16(19,20)21/h1-5,7H,6H2,(H,22,23,24). The van der Waals surface area contributed by atoms with Gasteiger partial charge in [-0.15, -0.1) is 13.2 Å². The van der Waals surface area contributed by atoms with Crippen molar-refractivity contribution in [1.82, 2.24) is 4.98 Å². The van der Waals surface area contributed by atoms with Gasteiger partial charge in [-0.3, -0.25) is 4.79 Å². The Balaban J connectivity index is 1.71. The SMILES string of the molecule is O=C(Cc1ccc(Cl)c(Cl)c1)Nc1nc2ccc(OC(F)(F)F)cc2s1. The van der Waals surface area contributed by atoms with Gasteiger partial charge in [-0.2, -0.15) is 0 Å². The molecule has 136 valence electrons. The van der Waals surface area contributed by atoms with Crippen molar-refractivity contribution in [2.24, 2.45) is 0 Å². The number of hydrogen-bond acceptors (Lipinski definition) is 4. The van der Waals surface area contributed by atoms with Crippen molar-refractivity contribution in [2.75, 3.05) is 5.32 Å². The van der Waals surface area contributed by atoms with Crippen LogP contribution in [0.3, 0.4) is 0 Å². The molecule has 0 atom stereocenters. The molecule has 1 amide bonds. The first-order valence-corrected chi connectivity index (χ1v) is 8.67. The van der Waals surface area contributed by atoms with Crippen LogP contribution in [0.1, 0.15) is 5.56 Å². The maximum Gasteiger partial charge on any atom is 0.573 e. The Labute approximate surface area is 159 Å². The number of anilines is 1. The second-order valence-electron chi connectivity index (χ2n) is 5.17. The lowest BCUT2D eigenvalue weighted by Crippen LogP contribution is -2.16. The van der Waals surface area contributed by atoms with Crippen molar-refractivity contribution >= 4 is 55.8 Å². The minimum Gasteiger partial charge on any atom is -0.406 e. The van der Waals surface area contributed by atoms with Gasteiger partial charge in [0.2, 0.25) is 5.91 Å². The predicted octanol–water partition coefficient (Wildman–Crippen LogP) is 5.68. The molecular formula is C16H9Cl2F3N2O2S. The first kappa shape index (κ1) is 18.8. The summed E-state index contributed by atoms with van der Waals surface area (Å²) in [5.74, 6) is -0.684. The van der Waals surface area contributed by atoms with E-state index in [0.717, 1.165) is 17.4 Å². The summed E-state index contributed by atoms with van der Waals surface area (Å²) in [7, 11) is 0. The van der Waals surface area contributed by atoms with E-state index in [4.69, 9.17) is 23.2 Å². The Kier molecular flexibility index (Phi) is 5.27. The van der Waals surface area contributed by atoms with E-state index in [-0.39, 0.29) is 23.2 Å². The highest BCUT2D eigenvalue weighted by Crippen LogP contribution is 2.31. The van der Waals surface area contributed by atoms with Crippen molar-refractivity contribution in [3.05, 3.63) is 52.0 Å². The van der Waals surface area contributed by atoms with Crippen LogP contribution in [0.2, 0.25) is 10.0 Å². The van der Waals surface area contributed by atoms with Crippen LogP contribution in [0.25, 0.3) is 10.2 Å². The lowest BCUT2D eigenvalue weighted by atomic mass is 10.1. The predicted molar refractivity (Wildman–Crippen MR) is 95.1 cm³/mol. The van der Waals surface area contributed by atoms with Gasteiger partial charge in [-0.1, -0.05) is 40.6 Å². The maximum absolute atomic E-state index is 12.3. The number of amides is 1. The number of carbonyl (C=O) groups excluding carboxylic acids is 1. The third kappa shape index (κ3) is 4.78. The van der Waals surface area contributed by atoms with Gasteiger partial charge in [0, 0.05) is 6.07 Å². The van der Waals surface area contributed by atoms with Crippen molar-refractivity contribution < 1.29 is 22.7 Å². The molecule has 0 radical (unpaired) electrons. The molecule has 2 aromatic carbocycles. The summed E-state index contributed by atoms with van der Waals surface area (Å²) in [6.07, 6.45) is -4.72. The normalized spacial score (nSPS) is 11.6. The van der Waals surface area contributed by atoms with Crippen LogP contribution in [0, 0.1) is 0 Å². The Morgan fingerprint density at radius 1 is 1.15 bits per heavy atom. The Morgan fingerprint density at radius 3 is 2.62 bits per heavy atom. The molecule has 0 aliphatic carbocycles. The summed E-state index contributed by atoms with van der Waals surface area (Å²) in [5, 5.41) is 3.61. The summed E-state index contributed by atoms with van der Waals surface area (Å²) in [5.41, 5.74) is 1.12. The Bertz CT molecular complexity index is 976. The van der Waals surface area contributed by atoms with Crippen LogP contribution in [-0.4, -0.2) is 17.3 Å². The number of carbonyl (C=O) groups is 1. The molecule has 1 heterocycles. The third-order valence-corrected chi connectivity index (χ3v) is 4.86. The number of thiazole rings is 1. The highest BCUT2D eigenvalue weighted by Gasteiger charge is 2.31. The molecule has 0 saturated carbocycles. The zero-order valence-corrected chi connectivity index (χ0v) is 15.1. The number of aromatic nitrogens is 1. The summed E-state index contributed by atoms with van der Waals surface area (Å²) < 4.78 is 41.1. The molecule has 3 rings (SSSR count). The minimum atomic E-state index is -4.77. The second-order valence-corrected chi connectivity index (χ2v) is 7.01. The number of halogens is 5. The van der Waals surface area contributed by atoms with Crippen molar-refractivity contribution in [3.63, 3.8) is 0 Å². The number of ether oxygens (including phenoxy) is 1. The molecule has 26 heavy (non-hydrogen) atoms. The van der Waals surface area contributed by atoms with Crippen molar-refractivity contribution in [1.29, 1.82) is 0 Å². The van der Waals surface area contributed by atoms with E-state index in [1.165, 1.54) is 12.1 Å². The van der Waals surface area contributed by atoms with Gasteiger partial charge in [0.25, 0.3) is 0 Å². The Hall–Kier alpha value is -2.03. The molecule has 0 unspecified atom stereocenters. The van der Waals surface area contributed by atoms with Crippen LogP contribution in [0.4, 0.5) is 18.3 Å². The van der Waals surface area contributed by atoms with Crippen molar-refractivity contribution in [3.8, 4) is 5.75 Å². The van der Waals surface area contributed by atoms with Gasteiger partial charge in [0.05, 0.1) is 26.7 Å². The number of nitrogens with zero attached hydrogens (tertiary/aromatic N) is 1. The van der Waals surface area contributed by atoms with Gasteiger partial charge in [0.15, 0.2) is 5.13 Å². The molecule has 0 aliphatic heterocycles. The number of nitrogens with one attached hydrogen (secondary N) is 1. The molecule has 0 saturated heterocycles. The Morgan fingerprint density at radius 2 is 1.92 bits per heavy atom. The molecule has 10 heteroatoms. The number of benzene rings is 2. The molecule has 0 fully saturated rings. The molecular weight excluding hydrogens is 412 g/mol. The molecule has 0 spiro atoms. The van der Waals surface area contributed by atoms with Crippen molar-refractivity contribution in [2.45, 2.75) is 12.8 Å². The van der Waals surface area contributed by atoms with E-state index in [1.54, 1.807) is 18.2 Å². The molecule has 0 aliphatic rings. The summed E-state index contributed by atoms with van der Waals surface area (Å²) in [4.78, 5) is 16.3. The van der Waals surface area contributed by atoms with Gasteiger partial charge in [0.1, 0.15) is 5.75 Å². The maximum atomic E-state index is 12.3. The van der Waals surface area contributed by atoms with Crippen LogP contribution >= 0.6 is 34.5 Å². The van der Waals surface area contributed by atoms with Crippen LogP contribution in [0.5, 0.6) is 5.75 Å². The van der Waals surface area contributed by atoms with Gasteiger partial charge < -0.3 is 10.1 Å². The third-order valence-electron chi connectivity index (χ3n) is 3.19. The van der Waals surface area contributed by atoms with Crippen LogP contribution < -0.4 is 10.1 Å². The topological polar surface area (TPSA) is 51.2 Å². The fourth-order valence-electron chi connectivity index (χ4n) is 2.15. The smallest absolute Gasteiger partial charge is 0.406 e. The molecule has 4 nitrogen and oxygen atoms in total. The highest BCUT2D eigenvalue weighted by molar-refractivity contribution is 7.22. The quantitative estimate of drug-likeness (QED) is 0.590. The molecule has 3 aromatic rings. The number of hydrogen-bond donors (Lipinski definition) is 1. The fraction of sp³-hybridized carbons (Fsp3) is 0.125. The first-order chi connectivity index (χ1) is 12.2. The largest absolute Gasteiger partial charge is 0.573 e. The average molecular weight is 421 g/mol. The van der Waals surface area contributed by atoms with Crippen LogP contribution in [0.15, 0.2) is 36.4 Å². The van der Waals surface area contributed by atoms with E-state index in [2.05, 4.69) is 15.0 Å². The molecule has 0 bridgehead atoms. The fourth-order valence-corrected chi connectivity index (χ4v) is 3.39. The summed E-state index contributed by atoms with van der Waals surface area (Å²) in [6, 6.07) is 8.62. The first-order valence-electron chi connectivity index (χ1n) is 7.10. The zero-order valence-electron chi connectivity index (χ0n) is 12.7. The summed E-state index contributed by atoms with van der Waals surface area (Å²) >= 11 is 12.8. The van der Waals surface area contributed by atoms with Gasteiger partial charge in [-0.05, 0) is 29.8 Å². The number of fused-ring (bicyclic) bond motifs is 1. The second kappa shape index (κ2) is 7.30. The number of rotatable bonds is 4. The zero-order chi connectivity index (χ0) is 18.9. The van der Waals surface area contributed by atoms with E-state index in [1.807, 2.05) is 0 Å². The van der Waals surface area contributed by atoms with E-state index in [9.17, 15) is 18.0 Å².